The zero-order valence-corrected chi connectivity index (χ0v) is 11.3. The predicted molar refractivity (Wildman–Crippen MR) is 68.9 cm³/mol. The Labute approximate surface area is 108 Å². The van der Waals surface area contributed by atoms with Crippen LogP contribution in [0.1, 0.15) is 19.3 Å². The minimum absolute atomic E-state index is 0.226. The van der Waals surface area contributed by atoms with Crippen LogP contribution < -0.4 is 11.1 Å². The molecule has 1 saturated heterocycles. The lowest BCUT2D eigenvalue weighted by molar-refractivity contribution is -0.120. The normalized spacial score (nSPS) is 25.8. The average Bonchev–Trinajstić information content (AvgIpc) is 3.09. The van der Waals surface area contributed by atoms with Gasteiger partial charge in [-0.2, -0.15) is 0 Å². The minimum atomic E-state index is -2.83. The molecule has 1 aliphatic carbocycles. The summed E-state index contributed by atoms with van der Waals surface area (Å²) < 4.78 is 22.6. The second-order valence-electron chi connectivity index (χ2n) is 5.18. The summed E-state index contributed by atoms with van der Waals surface area (Å²) in [7, 11) is -2.83. The van der Waals surface area contributed by atoms with Gasteiger partial charge < -0.3 is 16.0 Å². The number of rotatable bonds is 6. The molecule has 0 bridgehead atoms. The zero-order valence-electron chi connectivity index (χ0n) is 10.5. The molecule has 104 valence electrons. The Morgan fingerprint density at radius 3 is 2.44 bits per heavy atom. The lowest BCUT2D eigenvalue weighted by Gasteiger charge is -2.27. The fourth-order valence-electron chi connectivity index (χ4n) is 2.13. The summed E-state index contributed by atoms with van der Waals surface area (Å²) in [6, 6.07) is 0.167. The summed E-state index contributed by atoms with van der Waals surface area (Å²) in [6.45, 7) is 1.86. The number of nitrogens with two attached hydrogens (primary N) is 1. The number of primary amides is 1. The number of nitrogens with zero attached hydrogens (tertiary/aromatic N) is 1. The van der Waals surface area contributed by atoms with Crippen molar-refractivity contribution in [3.63, 3.8) is 0 Å². The van der Waals surface area contributed by atoms with E-state index in [0.29, 0.717) is 25.6 Å². The Balaban J connectivity index is 1.73. The van der Waals surface area contributed by atoms with Gasteiger partial charge in [0.25, 0.3) is 0 Å². The number of carbonyl (C=O) groups is 1. The molecule has 0 radical (unpaired) electrons. The Hall–Kier alpha value is -0.660. The molecule has 3 N–H and O–H groups in total. The number of nitrogens with one attached hydrogen (secondary N) is 1. The summed E-state index contributed by atoms with van der Waals surface area (Å²) in [4.78, 5) is 13.4. The third kappa shape index (κ3) is 4.22. The Morgan fingerprint density at radius 1 is 1.33 bits per heavy atom. The molecule has 1 aliphatic heterocycles. The first-order valence-electron chi connectivity index (χ1n) is 6.44. The fraction of sp³-hybridized carbons (Fsp3) is 0.909. The molecular weight excluding hydrogens is 254 g/mol. The van der Waals surface area contributed by atoms with E-state index in [1.807, 2.05) is 0 Å². The molecule has 0 aromatic rings. The molecule has 1 amide bonds. The molecule has 1 saturated carbocycles. The molecule has 1 unspecified atom stereocenters. The monoisotopic (exact) mass is 275 g/mol. The number of sulfone groups is 1. The van der Waals surface area contributed by atoms with Gasteiger partial charge in [0, 0.05) is 25.7 Å². The van der Waals surface area contributed by atoms with Gasteiger partial charge in [-0.3, -0.25) is 4.79 Å². The van der Waals surface area contributed by atoms with Gasteiger partial charge in [0.1, 0.15) is 0 Å². The summed E-state index contributed by atoms with van der Waals surface area (Å²) in [6.07, 6.45) is 2.89. The first-order chi connectivity index (χ1) is 8.46. The number of hydrogen-bond donors (Lipinski definition) is 2. The van der Waals surface area contributed by atoms with Crippen molar-refractivity contribution in [1.29, 1.82) is 0 Å². The summed E-state index contributed by atoms with van der Waals surface area (Å²) in [5.41, 5.74) is 5.36. The largest absolute Gasteiger partial charge is 0.368 e. The summed E-state index contributed by atoms with van der Waals surface area (Å²) >= 11 is 0. The SMILES string of the molecule is NC(=O)C(CCN1CCS(=O)(=O)CC1)NC1CC1. The van der Waals surface area contributed by atoms with Gasteiger partial charge in [-0.25, -0.2) is 8.42 Å². The summed E-state index contributed by atoms with van der Waals surface area (Å²) in [5, 5.41) is 3.23. The molecule has 6 nitrogen and oxygen atoms in total. The first kappa shape index (κ1) is 13.8. The number of amides is 1. The van der Waals surface area contributed by atoms with Crippen LogP contribution in [0.5, 0.6) is 0 Å². The van der Waals surface area contributed by atoms with Crippen LogP contribution in [-0.2, 0) is 14.6 Å². The molecule has 2 aliphatic rings. The molecule has 18 heavy (non-hydrogen) atoms. The van der Waals surface area contributed by atoms with Crippen LogP contribution in [0.2, 0.25) is 0 Å². The van der Waals surface area contributed by atoms with Crippen LogP contribution in [0.4, 0.5) is 0 Å². The van der Waals surface area contributed by atoms with Crippen LogP contribution in [-0.4, -0.2) is 62.4 Å². The smallest absolute Gasteiger partial charge is 0.234 e. The number of hydrogen-bond acceptors (Lipinski definition) is 5. The van der Waals surface area contributed by atoms with E-state index < -0.39 is 9.84 Å². The van der Waals surface area contributed by atoms with Crippen molar-refractivity contribution in [3.05, 3.63) is 0 Å². The van der Waals surface area contributed by atoms with E-state index in [9.17, 15) is 13.2 Å². The zero-order chi connectivity index (χ0) is 13.2. The molecule has 2 rings (SSSR count). The van der Waals surface area contributed by atoms with Crippen molar-refractivity contribution < 1.29 is 13.2 Å². The van der Waals surface area contributed by atoms with E-state index in [4.69, 9.17) is 5.73 Å². The Bertz CT molecular complexity index is 392. The van der Waals surface area contributed by atoms with Gasteiger partial charge in [-0.05, 0) is 19.3 Å². The van der Waals surface area contributed by atoms with Crippen molar-refractivity contribution in [3.8, 4) is 0 Å². The molecule has 7 heteroatoms. The highest BCUT2D eigenvalue weighted by Crippen LogP contribution is 2.20. The van der Waals surface area contributed by atoms with Gasteiger partial charge in [-0.1, -0.05) is 0 Å². The van der Waals surface area contributed by atoms with E-state index in [1.165, 1.54) is 0 Å². The summed E-state index contributed by atoms with van der Waals surface area (Å²) in [5.74, 6) is 0.140. The van der Waals surface area contributed by atoms with E-state index in [0.717, 1.165) is 19.4 Å². The molecule has 1 atom stereocenters. The van der Waals surface area contributed by atoms with E-state index >= 15 is 0 Å². The van der Waals surface area contributed by atoms with Crippen LogP contribution in [0.25, 0.3) is 0 Å². The third-order valence-corrected chi connectivity index (χ3v) is 5.14. The highest BCUT2D eigenvalue weighted by atomic mass is 32.2. The van der Waals surface area contributed by atoms with Crippen molar-refractivity contribution in [2.45, 2.75) is 31.3 Å². The Morgan fingerprint density at radius 2 is 1.94 bits per heavy atom. The Kier molecular flexibility index (Phi) is 4.24. The fourth-order valence-corrected chi connectivity index (χ4v) is 3.40. The lowest BCUT2D eigenvalue weighted by atomic mass is 10.2. The van der Waals surface area contributed by atoms with Gasteiger partial charge >= 0.3 is 0 Å². The molecule has 2 fully saturated rings. The maximum atomic E-state index is 11.3. The first-order valence-corrected chi connectivity index (χ1v) is 8.26. The van der Waals surface area contributed by atoms with Crippen molar-refractivity contribution in [1.82, 2.24) is 10.2 Å². The molecular formula is C11H21N3O3S. The molecule has 0 aromatic heterocycles. The van der Waals surface area contributed by atoms with Gasteiger partial charge in [0.05, 0.1) is 17.5 Å². The van der Waals surface area contributed by atoms with Crippen molar-refractivity contribution >= 4 is 15.7 Å². The second-order valence-corrected chi connectivity index (χ2v) is 7.48. The van der Waals surface area contributed by atoms with E-state index in [1.54, 1.807) is 0 Å². The topological polar surface area (TPSA) is 92.5 Å². The van der Waals surface area contributed by atoms with Gasteiger partial charge in [0.15, 0.2) is 9.84 Å². The average molecular weight is 275 g/mol. The lowest BCUT2D eigenvalue weighted by Crippen LogP contribution is -2.46. The highest BCUT2D eigenvalue weighted by Gasteiger charge is 2.28. The third-order valence-electron chi connectivity index (χ3n) is 3.53. The van der Waals surface area contributed by atoms with Crippen LogP contribution in [0.3, 0.4) is 0 Å². The van der Waals surface area contributed by atoms with Gasteiger partial charge in [-0.15, -0.1) is 0 Å². The maximum absolute atomic E-state index is 11.3. The maximum Gasteiger partial charge on any atom is 0.234 e. The van der Waals surface area contributed by atoms with Crippen LogP contribution >= 0.6 is 0 Å². The van der Waals surface area contributed by atoms with Crippen LogP contribution in [0, 0.1) is 0 Å². The molecule has 0 spiro atoms. The number of carbonyl (C=O) groups excluding carboxylic acids is 1. The van der Waals surface area contributed by atoms with Gasteiger partial charge in [0.2, 0.25) is 5.91 Å². The minimum Gasteiger partial charge on any atom is -0.368 e. The molecule has 1 heterocycles. The standard InChI is InChI=1S/C11H21N3O3S/c12-11(15)10(13-9-1-2-9)3-4-14-5-7-18(16,17)8-6-14/h9-10,13H,1-8H2,(H2,12,15). The van der Waals surface area contributed by atoms with E-state index in [-0.39, 0.29) is 23.5 Å². The second kappa shape index (κ2) is 5.54. The quantitative estimate of drug-likeness (QED) is 0.629. The molecule has 0 aromatic carbocycles. The van der Waals surface area contributed by atoms with E-state index in [2.05, 4.69) is 10.2 Å². The van der Waals surface area contributed by atoms with Crippen LogP contribution in [0.15, 0.2) is 0 Å². The predicted octanol–water partition coefficient (Wildman–Crippen LogP) is -1.29. The highest BCUT2D eigenvalue weighted by molar-refractivity contribution is 7.91. The van der Waals surface area contributed by atoms with Crippen molar-refractivity contribution in [2.24, 2.45) is 5.73 Å². The van der Waals surface area contributed by atoms with Crippen molar-refractivity contribution in [2.75, 3.05) is 31.1 Å².